The lowest BCUT2D eigenvalue weighted by Crippen LogP contribution is -2.49. The SMILES string of the molecule is CC(C)(CCC(=O)O)NC(=O)[C@@H]1CCC[C@H](NC(=O)OCC2c3ccccc3-c3ccccc32)C1. The molecule has 7 heteroatoms. The molecule has 3 N–H and O–H groups in total. The van der Waals surface area contributed by atoms with Crippen molar-refractivity contribution in [3.8, 4) is 11.1 Å². The number of carbonyl (C=O) groups is 3. The molecule has 4 rings (SSSR count). The van der Waals surface area contributed by atoms with Gasteiger partial charge in [-0.1, -0.05) is 55.0 Å². The molecule has 2 amide bonds. The van der Waals surface area contributed by atoms with Crippen LogP contribution in [-0.4, -0.2) is 41.3 Å². The first kappa shape index (κ1) is 24.8. The summed E-state index contributed by atoms with van der Waals surface area (Å²) in [5.74, 6) is -1.17. The van der Waals surface area contributed by atoms with Crippen molar-refractivity contribution in [3.63, 3.8) is 0 Å². The Hall–Kier alpha value is -3.35. The van der Waals surface area contributed by atoms with Crippen LogP contribution < -0.4 is 10.6 Å². The van der Waals surface area contributed by atoms with Crippen molar-refractivity contribution in [2.45, 2.75) is 69.9 Å². The van der Waals surface area contributed by atoms with Gasteiger partial charge in [0.05, 0.1) is 0 Å². The number of rotatable bonds is 8. The van der Waals surface area contributed by atoms with Crippen LogP contribution in [0.15, 0.2) is 48.5 Å². The van der Waals surface area contributed by atoms with E-state index in [0.29, 0.717) is 12.8 Å². The maximum Gasteiger partial charge on any atom is 0.407 e. The first-order chi connectivity index (χ1) is 16.7. The Morgan fingerprint density at radius 1 is 1.00 bits per heavy atom. The maximum absolute atomic E-state index is 12.8. The van der Waals surface area contributed by atoms with E-state index in [-0.39, 0.29) is 36.8 Å². The number of fused-ring (bicyclic) bond motifs is 3. The summed E-state index contributed by atoms with van der Waals surface area (Å²) in [5, 5.41) is 14.9. The number of carboxylic acid groups (broad SMARTS) is 1. The van der Waals surface area contributed by atoms with Gasteiger partial charge in [-0.05, 0) is 61.8 Å². The first-order valence-corrected chi connectivity index (χ1v) is 12.4. The van der Waals surface area contributed by atoms with Crippen LogP contribution in [0.1, 0.15) is 69.4 Å². The van der Waals surface area contributed by atoms with Gasteiger partial charge in [0.25, 0.3) is 0 Å². The van der Waals surface area contributed by atoms with Crippen LogP contribution in [0.25, 0.3) is 11.1 Å². The Kier molecular flexibility index (Phi) is 7.43. The molecule has 0 aromatic heterocycles. The zero-order valence-electron chi connectivity index (χ0n) is 20.4. The molecule has 0 radical (unpaired) electrons. The normalized spacial score (nSPS) is 19.4. The molecular weight excluding hydrogens is 444 g/mol. The fourth-order valence-corrected chi connectivity index (χ4v) is 5.28. The van der Waals surface area contributed by atoms with E-state index in [1.807, 2.05) is 38.1 Å². The number of benzene rings is 2. The van der Waals surface area contributed by atoms with Crippen LogP contribution in [0.4, 0.5) is 4.79 Å². The number of hydrogen-bond donors (Lipinski definition) is 3. The quantitative estimate of drug-likeness (QED) is 0.503. The molecule has 7 nitrogen and oxygen atoms in total. The van der Waals surface area contributed by atoms with E-state index in [4.69, 9.17) is 9.84 Å². The van der Waals surface area contributed by atoms with Crippen molar-refractivity contribution in [2.75, 3.05) is 6.61 Å². The van der Waals surface area contributed by atoms with Gasteiger partial charge in [-0.25, -0.2) is 4.79 Å². The third kappa shape index (κ3) is 6.02. The lowest BCUT2D eigenvalue weighted by Gasteiger charge is -2.32. The van der Waals surface area contributed by atoms with Crippen LogP contribution in [0.3, 0.4) is 0 Å². The molecule has 186 valence electrons. The van der Waals surface area contributed by atoms with E-state index < -0.39 is 17.6 Å². The summed E-state index contributed by atoms with van der Waals surface area (Å²) in [5.41, 5.74) is 4.11. The van der Waals surface area contributed by atoms with E-state index in [2.05, 4.69) is 34.9 Å². The smallest absolute Gasteiger partial charge is 0.407 e. The zero-order chi connectivity index (χ0) is 25.0. The van der Waals surface area contributed by atoms with Gasteiger partial charge in [0, 0.05) is 29.8 Å². The van der Waals surface area contributed by atoms with Crippen LogP contribution in [0.2, 0.25) is 0 Å². The standard InChI is InChI=1S/C28H34N2O5/c1-28(2,15-14-25(31)32)30-26(33)18-8-7-9-19(16-18)29-27(34)35-17-24-22-12-5-3-10-20(22)21-11-4-6-13-23(21)24/h3-6,10-13,18-19,24H,7-9,14-17H2,1-2H3,(H,29,34)(H,30,33)(H,31,32)/t18-,19+/m1/s1. The van der Waals surface area contributed by atoms with Crippen molar-refractivity contribution >= 4 is 18.0 Å². The van der Waals surface area contributed by atoms with Gasteiger partial charge in [-0.2, -0.15) is 0 Å². The summed E-state index contributed by atoms with van der Waals surface area (Å²) in [7, 11) is 0. The van der Waals surface area contributed by atoms with Crippen LogP contribution in [0, 0.1) is 5.92 Å². The predicted octanol–water partition coefficient (Wildman–Crippen LogP) is 4.84. The summed E-state index contributed by atoms with van der Waals surface area (Å²) < 4.78 is 5.67. The molecule has 1 fully saturated rings. The minimum atomic E-state index is -0.877. The number of carbonyl (C=O) groups excluding carboxylic acids is 2. The molecule has 2 aliphatic carbocycles. The fourth-order valence-electron chi connectivity index (χ4n) is 5.28. The Balaban J connectivity index is 1.30. The third-order valence-electron chi connectivity index (χ3n) is 7.14. The molecule has 0 heterocycles. The average Bonchev–Trinajstić information content (AvgIpc) is 3.15. The number of alkyl carbamates (subject to hydrolysis) is 1. The van der Waals surface area contributed by atoms with E-state index >= 15 is 0 Å². The topological polar surface area (TPSA) is 105 Å². The maximum atomic E-state index is 12.8. The number of nitrogens with one attached hydrogen (secondary N) is 2. The molecule has 0 bridgehead atoms. The average molecular weight is 479 g/mol. The van der Waals surface area contributed by atoms with Crippen LogP contribution in [-0.2, 0) is 14.3 Å². The second-order valence-electron chi connectivity index (χ2n) is 10.3. The Morgan fingerprint density at radius 3 is 2.26 bits per heavy atom. The first-order valence-electron chi connectivity index (χ1n) is 12.4. The monoisotopic (exact) mass is 478 g/mol. The molecule has 0 saturated heterocycles. The third-order valence-corrected chi connectivity index (χ3v) is 7.14. The van der Waals surface area contributed by atoms with Gasteiger partial charge in [0.2, 0.25) is 5.91 Å². The Labute approximate surface area is 206 Å². The lowest BCUT2D eigenvalue weighted by molar-refractivity contribution is -0.138. The number of carboxylic acids is 1. The highest BCUT2D eigenvalue weighted by Gasteiger charge is 2.32. The van der Waals surface area contributed by atoms with Gasteiger partial charge in [-0.15, -0.1) is 0 Å². The van der Waals surface area contributed by atoms with Gasteiger partial charge in [0.1, 0.15) is 6.61 Å². The van der Waals surface area contributed by atoms with Crippen molar-refractivity contribution in [2.24, 2.45) is 5.92 Å². The van der Waals surface area contributed by atoms with E-state index in [9.17, 15) is 14.4 Å². The summed E-state index contributed by atoms with van der Waals surface area (Å²) in [4.78, 5) is 36.4. The summed E-state index contributed by atoms with van der Waals surface area (Å²) in [6.07, 6.45) is 2.85. The zero-order valence-corrected chi connectivity index (χ0v) is 20.4. The van der Waals surface area contributed by atoms with Gasteiger partial charge in [-0.3, -0.25) is 9.59 Å². The fraction of sp³-hybridized carbons (Fsp3) is 0.464. The number of aliphatic carboxylic acids is 1. The second-order valence-corrected chi connectivity index (χ2v) is 10.3. The van der Waals surface area contributed by atoms with E-state index in [1.165, 1.54) is 22.3 Å². The lowest BCUT2D eigenvalue weighted by atomic mass is 9.84. The molecule has 35 heavy (non-hydrogen) atoms. The van der Waals surface area contributed by atoms with Gasteiger partial charge >= 0.3 is 12.1 Å². The summed E-state index contributed by atoms with van der Waals surface area (Å²) in [6.45, 7) is 3.93. The highest BCUT2D eigenvalue weighted by atomic mass is 16.5. The van der Waals surface area contributed by atoms with Crippen molar-refractivity contribution in [1.29, 1.82) is 0 Å². The highest BCUT2D eigenvalue weighted by molar-refractivity contribution is 5.80. The van der Waals surface area contributed by atoms with Crippen molar-refractivity contribution < 1.29 is 24.2 Å². The number of hydrogen-bond acceptors (Lipinski definition) is 4. The molecule has 2 aliphatic rings. The molecule has 2 aromatic carbocycles. The van der Waals surface area contributed by atoms with Crippen molar-refractivity contribution in [1.82, 2.24) is 10.6 Å². The predicted molar refractivity (Wildman–Crippen MR) is 133 cm³/mol. The molecular formula is C28H34N2O5. The molecule has 2 atom stereocenters. The Bertz CT molecular complexity index is 1050. The second kappa shape index (κ2) is 10.5. The largest absolute Gasteiger partial charge is 0.481 e. The minimum absolute atomic E-state index is 0.00388. The summed E-state index contributed by atoms with van der Waals surface area (Å²) in [6, 6.07) is 16.3. The molecule has 2 aromatic rings. The summed E-state index contributed by atoms with van der Waals surface area (Å²) >= 11 is 0. The Morgan fingerprint density at radius 2 is 1.63 bits per heavy atom. The molecule has 0 unspecified atom stereocenters. The van der Waals surface area contributed by atoms with Crippen LogP contribution >= 0.6 is 0 Å². The number of ether oxygens (including phenoxy) is 1. The minimum Gasteiger partial charge on any atom is -0.481 e. The highest BCUT2D eigenvalue weighted by Crippen LogP contribution is 2.44. The number of amides is 2. The van der Waals surface area contributed by atoms with Crippen molar-refractivity contribution in [3.05, 3.63) is 59.7 Å². The van der Waals surface area contributed by atoms with E-state index in [1.54, 1.807) is 0 Å². The molecule has 1 saturated carbocycles. The molecule has 0 aliphatic heterocycles. The molecule has 0 spiro atoms. The van der Waals surface area contributed by atoms with Gasteiger partial charge < -0.3 is 20.5 Å². The van der Waals surface area contributed by atoms with Crippen LogP contribution in [0.5, 0.6) is 0 Å². The van der Waals surface area contributed by atoms with Gasteiger partial charge in [0.15, 0.2) is 0 Å². The van der Waals surface area contributed by atoms with E-state index in [0.717, 1.165) is 19.3 Å².